The molecular weight excluding hydrogens is 799 g/mol. The Morgan fingerprint density at radius 2 is 0.621 bits per heavy atom. The summed E-state index contributed by atoms with van der Waals surface area (Å²) in [4.78, 5) is 2.49. The van der Waals surface area contributed by atoms with E-state index in [1.54, 1.807) is 0 Å². The molecule has 1 heterocycles. The third-order valence-corrected chi connectivity index (χ3v) is 15.1. The molecule has 4 aliphatic rings. The maximum Gasteiger partial charge on any atom is 0.135 e. The van der Waals surface area contributed by atoms with Gasteiger partial charge in [0.2, 0.25) is 0 Å². The highest BCUT2D eigenvalue weighted by Gasteiger charge is 2.50. The van der Waals surface area contributed by atoms with Crippen molar-refractivity contribution in [2.24, 2.45) is 0 Å². The molecule has 0 radical (unpaired) electrons. The molecule has 0 atom stereocenters. The van der Waals surface area contributed by atoms with E-state index < -0.39 is 5.41 Å². The molecule has 3 aliphatic carbocycles. The third kappa shape index (κ3) is 4.96. The van der Waals surface area contributed by atoms with Crippen molar-refractivity contribution in [2.75, 3.05) is 4.90 Å². The lowest BCUT2D eigenvalue weighted by atomic mass is 9.66. The SMILES string of the molecule is CC1(C)c2ccccc2-c2ccc(N(c3ccc4c(c3)-c3ccccc3-c3ccccc3O4)c3ccc4c(c3)C3(c5ccccc5-c5ccccc5-c5ccccc53)c3ccccc3-4)cc21. The molecule has 0 amide bonds. The zero-order valence-electron chi connectivity index (χ0n) is 36.7. The Balaban J connectivity index is 1.05. The molecule has 2 nitrogen and oxygen atoms in total. The zero-order chi connectivity index (χ0) is 43.7. The van der Waals surface area contributed by atoms with Gasteiger partial charge < -0.3 is 9.64 Å². The van der Waals surface area contributed by atoms with Gasteiger partial charge in [0, 0.05) is 33.6 Å². The van der Waals surface area contributed by atoms with E-state index in [1.807, 2.05) is 0 Å². The summed E-state index contributed by atoms with van der Waals surface area (Å²) in [7, 11) is 0. The second-order valence-corrected chi connectivity index (χ2v) is 18.7. The predicted octanol–water partition coefficient (Wildman–Crippen LogP) is 16.9. The van der Waals surface area contributed by atoms with Gasteiger partial charge in [-0.1, -0.05) is 190 Å². The van der Waals surface area contributed by atoms with Crippen molar-refractivity contribution < 1.29 is 4.74 Å². The van der Waals surface area contributed by atoms with Gasteiger partial charge in [0.25, 0.3) is 0 Å². The van der Waals surface area contributed by atoms with E-state index in [9.17, 15) is 0 Å². The molecular formula is C64H43NO. The van der Waals surface area contributed by atoms with Crippen molar-refractivity contribution in [1.29, 1.82) is 0 Å². The van der Waals surface area contributed by atoms with E-state index in [4.69, 9.17) is 4.74 Å². The summed E-state index contributed by atoms with van der Waals surface area (Å²) in [5.74, 6) is 1.71. The molecule has 0 saturated carbocycles. The second kappa shape index (κ2) is 13.7. The Kier molecular flexibility index (Phi) is 7.70. The van der Waals surface area contributed by atoms with Crippen LogP contribution in [0.4, 0.5) is 17.1 Å². The number of hydrogen-bond acceptors (Lipinski definition) is 2. The lowest BCUT2D eigenvalue weighted by molar-refractivity contribution is 0.488. The summed E-state index contributed by atoms with van der Waals surface area (Å²) in [6.45, 7) is 4.74. The molecule has 0 unspecified atom stereocenters. The average molecular weight is 842 g/mol. The first-order chi connectivity index (χ1) is 32.5. The van der Waals surface area contributed by atoms with Gasteiger partial charge in [-0.25, -0.2) is 0 Å². The van der Waals surface area contributed by atoms with Gasteiger partial charge in [0.1, 0.15) is 11.5 Å². The van der Waals surface area contributed by atoms with E-state index in [0.29, 0.717) is 0 Å². The molecule has 0 saturated heterocycles. The Morgan fingerprint density at radius 1 is 0.273 bits per heavy atom. The van der Waals surface area contributed by atoms with Crippen LogP contribution in [0.1, 0.15) is 47.2 Å². The summed E-state index contributed by atoms with van der Waals surface area (Å²) in [5, 5.41) is 0. The molecule has 2 heteroatoms. The van der Waals surface area contributed by atoms with Gasteiger partial charge >= 0.3 is 0 Å². The highest BCUT2D eigenvalue weighted by atomic mass is 16.5. The lowest BCUT2D eigenvalue weighted by Crippen LogP contribution is -2.29. The van der Waals surface area contributed by atoms with E-state index in [1.165, 1.54) is 77.9 Å². The van der Waals surface area contributed by atoms with Crippen LogP contribution in [0.3, 0.4) is 0 Å². The number of anilines is 3. The van der Waals surface area contributed by atoms with Crippen molar-refractivity contribution in [3.8, 4) is 78.3 Å². The normalized spacial score (nSPS) is 14.3. The highest BCUT2D eigenvalue weighted by Crippen LogP contribution is 2.62. The third-order valence-electron chi connectivity index (χ3n) is 15.1. The van der Waals surface area contributed by atoms with Crippen LogP contribution in [0.2, 0.25) is 0 Å². The highest BCUT2D eigenvalue weighted by molar-refractivity contribution is 5.99. The molecule has 0 fully saturated rings. The van der Waals surface area contributed by atoms with Gasteiger partial charge in [0.15, 0.2) is 0 Å². The summed E-state index contributed by atoms with van der Waals surface area (Å²) >= 11 is 0. The summed E-state index contributed by atoms with van der Waals surface area (Å²) in [6.07, 6.45) is 0. The summed E-state index contributed by atoms with van der Waals surface area (Å²) in [5.41, 5.74) is 25.1. The number of nitrogens with zero attached hydrogens (tertiary/aromatic N) is 1. The standard InChI is InChI=1S/C64H43NO/c1-63(2)55-26-12-7-23-49(55)51-34-31-41(38-59(51)63)65(40-33-36-62-54(37-40)46-20-6-5-19-45(46)53-25-11-16-30-61(53)66-62)42-32-35-52-50-24-10-15-29-58(50)64(60(52)39-42)56-27-13-8-21-47(56)43-17-3-4-18-44(43)48-22-9-14-28-57(48)64/h3-39H,1-2H3. The van der Waals surface area contributed by atoms with Crippen LogP contribution in [0.15, 0.2) is 224 Å². The van der Waals surface area contributed by atoms with Gasteiger partial charge in [-0.2, -0.15) is 0 Å². The van der Waals surface area contributed by atoms with Crippen LogP contribution in [0.5, 0.6) is 11.5 Å². The quantitative estimate of drug-likeness (QED) is 0.176. The van der Waals surface area contributed by atoms with E-state index in [0.717, 1.165) is 50.8 Å². The first-order valence-corrected chi connectivity index (χ1v) is 23.1. The average Bonchev–Trinajstić information content (AvgIpc) is 3.67. The molecule has 0 aromatic heterocycles. The van der Waals surface area contributed by atoms with Crippen LogP contribution < -0.4 is 9.64 Å². The van der Waals surface area contributed by atoms with E-state index >= 15 is 0 Å². The molecule has 1 spiro atoms. The summed E-state index contributed by atoms with van der Waals surface area (Å²) in [6, 6.07) is 83.5. The largest absolute Gasteiger partial charge is 0.456 e. The second-order valence-electron chi connectivity index (χ2n) is 18.7. The van der Waals surface area contributed by atoms with Crippen molar-refractivity contribution in [3.63, 3.8) is 0 Å². The molecule has 310 valence electrons. The van der Waals surface area contributed by atoms with Crippen molar-refractivity contribution in [2.45, 2.75) is 24.7 Å². The number of rotatable bonds is 3. The minimum absolute atomic E-state index is 0.174. The first-order valence-electron chi connectivity index (χ1n) is 23.1. The van der Waals surface area contributed by atoms with E-state index in [-0.39, 0.29) is 5.41 Å². The maximum atomic E-state index is 6.81. The minimum Gasteiger partial charge on any atom is -0.456 e. The Morgan fingerprint density at radius 3 is 1.20 bits per heavy atom. The number of hydrogen-bond donors (Lipinski definition) is 0. The molecule has 66 heavy (non-hydrogen) atoms. The number of ether oxygens (including phenoxy) is 1. The van der Waals surface area contributed by atoms with Crippen LogP contribution in [-0.4, -0.2) is 0 Å². The minimum atomic E-state index is -0.603. The fourth-order valence-electron chi connectivity index (χ4n) is 12.3. The number of para-hydroxylation sites is 1. The summed E-state index contributed by atoms with van der Waals surface area (Å²) < 4.78 is 6.81. The van der Waals surface area contributed by atoms with Gasteiger partial charge in [-0.3, -0.25) is 0 Å². The van der Waals surface area contributed by atoms with Crippen molar-refractivity contribution >= 4 is 17.1 Å². The smallest absolute Gasteiger partial charge is 0.135 e. The Bertz CT molecular complexity index is 3620. The number of fused-ring (bicyclic) bond motifs is 20. The van der Waals surface area contributed by atoms with Crippen LogP contribution in [-0.2, 0) is 10.8 Å². The Labute approximate surface area is 385 Å². The van der Waals surface area contributed by atoms with Gasteiger partial charge in [-0.15, -0.1) is 0 Å². The van der Waals surface area contributed by atoms with Crippen molar-refractivity contribution in [1.82, 2.24) is 0 Å². The molecule has 0 bridgehead atoms. The fraction of sp³-hybridized carbons (Fsp3) is 0.0625. The fourth-order valence-corrected chi connectivity index (χ4v) is 12.3. The zero-order valence-corrected chi connectivity index (χ0v) is 36.7. The molecule has 14 rings (SSSR count). The van der Waals surface area contributed by atoms with Crippen LogP contribution in [0, 0.1) is 0 Å². The van der Waals surface area contributed by atoms with Crippen molar-refractivity contribution in [3.05, 3.63) is 258 Å². The molecule has 1 aliphatic heterocycles. The van der Waals surface area contributed by atoms with E-state index in [2.05, 4.69) is 243 Å². The molecule has 10 aromatic rings. The molecule has 0 N–H and O–H groups in total. The number of benzene rings is 10. The van der Waals surface area contributed by atoms with Crippen LogP contribution >= 0.6 is 0 Å². The topological polar surface area (TPSA) is 12.5 Å². The van der Waals surface area contributed by atoms with Gasteiger partial charge in [-0.05, 0) is 138 Å². The first kappa shape index (κ1) is 37.2. The maximum absolute atomic E-state index is 6.81. The monoisotopic (exact) mass is 841 g/mol. The Hall–Kier alpha value is -8.20. The van der Waals surface area contributed by atoms with Gasteiger partial charge in [0.05, 0.1) is 5.41 Å². The van der Waals surface area contributed by atoms with Crippen LogP contribution in [0.25, 0.3) is 66.8 Å². The molecule has 10 aromatic carbocycles. The predicted molar refractivity (Wildman–Crippen MR) is 271 cm³/mol. The lowest BCUT2D eigenvalue weighted by Gasteiger charge is -2.36.